The average molecular weight is 280 g/mol. The Kier molecular flexibility index (Phi) is 3.91. The first-order valence-electron chi connectivity index (χ1n) is 7.38. The van der Waals surface area contributed by atoms with Crippen molar-refractivity contribution in [2.24, 2.45) is 0 Å². The van der Waals surface area contributed by atoms with Gasteiger partial charge in [-0.25, -0.2) is 4.79 Å². The second kappa shape index (κ2) is 6.00. The highest BCUT2D eigenvalue weighted by Crippen LogP contribution is 2.23. The molecule has 1 N–H and O–H groups in total. The Balaban J connectivity index is 1.67. The van der Waals surface area contributed by atoms with Gasteiger partial charge in [0.25, 0.3) is 0 Å². The Morgan fingerprint density at radius 1 is 1.10 bits per heavy atom. The van der Waals surface area contributed by atoms with E-state index in [-0.39, 0.29) is 12.1 Å². The molecule has 3 nitrogen and oxygen atoms in total. The van der Waals surface area contributed by atoms with E-state index in [0.29, 0.717) is 12.5 Å². The molecule has 1 fully saturated rings. The molecular formula is C18H20N2O. The predicted molar refractivity (Wildman–Crippen MR) is 84.0 cm³/mol. The van der Waals surface area contributed by atoms with Crippen LogP contribution in [-0.4, -0.2) is 23.5 Å². The lowest BCUT2D eigenvalue weighted by molar-refractivity contribution is 0.215. The lowest BCUT2D eigenvalue weighted by Gasteiger charge is -2.19. The van der Waals surface area contributed by atoms with Gasteiger partial charge in [0.15, 0.2) is 0 Å². The van der Waals surface area contributed by atoms with E-state index in [1.807, 2.05) is 41.3 Å². The number of nitrogens with zero attached hydrogens (tertiary/aromatic N) is 1. The highest BCUT2D eigenvalue weighted by molar-refractivity contribution is 5.77. The SMILES string of the molecule is C[C@@H](c1ccccc1)C1CN(Cc2ccccc2)C(=O)N1. The van der Waals surface area contributed by atoms with Gasteiger partial charge in [-0.1, -0.05) is 67.6 Å². The Morgan fingerprint density at radius 3 is 2.38 bits per heavy atom. The molecule has 0 aliphatic carbocycles. The van der Waals surface area contributed by atoms with E-state index in [0.717, 1.165) is 6.54 Å². The van der Waals surface area contributed by atoms with Crippen LogP contribution in [0.4, 0.5) is 4.79 Å². The predicted octanol–water partition coefficient (Wildman–Crippen LogP) is 3.38. The summed E-state index contributed by atoms with van der Waals surface area (Å²) in [6.45, 7) is 3.60. The third kappa shape index (κ3) is 3.07. The van der Waals surface area contributed by atoms with Crippen LogP contribution < -0.4 is 5.32 Å². The molecule has 2 atom stereocenters. The fourth-order valence-electron chi connectivity index (χ4n) is 2.83. The van der Waals surface area contributed by atoms with Gasteiger partial charge in [-0.3, -0.25) is 0 Å². The van der Waals surface area contributed by atoms with Crippen LogP contribution in [0.2, 0.25) is 0 Å². The number of carbonyl (C=O) groups is 1. The van der Waals surface area contributed by atoms with Crippen molar-refractivity contribution in [2.75, 3.05) is 6.54 Å². The molecule has 2 aromatic carbocycles. The second-order valence-corrected chi connectivity index (χ2v) is 5.62. The molecule has 0 spiro atoms. The second-order valence-electron chi connectivity index (χ2n) is 5.62. The van der Waals surface area contributed by atoms with Crippen molar-refractivity contribution in [1.82, 2.24) is 10.2 Å². The maximum absolute atomic E-state index is 12.1. The van der Waals surface area contributed by atoms with Crippen LogP contribution in [0, 0.1) is 0 Å². The standard InChI is InChI=1S/C18H20N2O/c1-14(16-10-6-3-7-11-16)17-13-20(18(21)19-17)12-15-8-4-2-5-9-15/h2-11,14,17H,12-13H2,1H3,(H,19,21)/t14-,17?/m0/s1. The first-order chi connectivity index (χ1) is 10.2. The molecule has 1 unspecified atom stereocenters. The van der Waals surface area contributed by atoms with Crippen LogP contribution in [0.5, 0.6) is 0 Å². The number of hydrogen-bond donors (Lipinski definition) is 1. The highest BCUT2D eigenvalue weighted by Gasteiger charge is 2.32. The smallest absolute Gasteiger partial charge is 0.318 e. The van der Waals surface area contributed by atoms with Crippen molar-refractivity contribution < 1.29 is 4.79 Å². The first kappa shape index (κ1) is 13.7. The molecule has 0 aromatic heterocycles. The summed E-state index contributed by atoms with van der Waals surface area (Å²) in [5, 5.41) is 3.11. The topological polar surface area (TPSA) is 32.3 Å². The molecule has 3 rings (SSSR count). The lowest BCUT2D eigenvalue weighted by atomic mass is 9.94. The van der Waals surface area contributed by atoms with E-state index >= 15 is 0 Å². The molecule has 3 heteroatoms. The van der Waals surface area contributed by atoms with Gasteiger partial charge in [0.05, 0.1) is 6.04 Å². The molecule has 2 aromatic rings. The Hall–Kier alpha value is -2.29. The largest absolute Gasteiger partial charge is 0.333 e. The van der Waals surface area contributed by atoms with Gasteiger partial charge in [0.2, 0.25) is 0 Å². The fraction of sp³-hybridized carbons (Fsp3) is 0.278. The number of carbonyl (C=O) groups excluding carboxylic acids is 1. The molecule has 1 heterocycles. The zero-order valence-corrected chi connectivity index (χ0v) is 12.2. The minimum Gasteiger partial charge on any atom is -0.333 e. The maximum atomic E-state index is 12.1. The van der Waals surface area contributed by atoms with Gasteiger partial charge >= 0.3 is 6.03 Å². The monoisotopic (exact) mass is 280 g/mol. The summed E-state index contributed by atoms with van der Waals surface area (Å²) in [6.07, 6.45) is 0. The third-order valence-corrected chi connectivity index (χ3v) is 4.16. The molecule has 1 aliphatic heterocycles. The summed E-state index contributed by atoms with van der Waals surface area (Å²) in [7, 11) is 0. The van der Waals surface area contributed by atoms with E-state index in [1.54, 1.807) is 0 Å². The fourth-order valence-corrected chi connectivity index (χ4v) is 2.83. The normalized spacial score (nSPS) is 19.4. The summed E-state index contributed by atoms with van der Waals surface area (Å²) in [5.41, 5.74) is 2.44. The van der Waals surface area contributed by atoms with Gasteiger partial charge in [-0.05, 0) is 11.1 Å². The summed E-state index contributed by atoms with van der Waals surface area (Å²) in [4.78, 5) is 14.0. The first-order valence-corrected chi connectivity index (χ1v) is 7.38. The number of hydrogen-bond acceptors (Lipinski definition) is 1. The summed E-state index contributed by atoms with van der Waals surface area (Å²) < 4.78 is 0. The van der Waals surface area contributed by atoms with Crippen LogP contribution in [-0.2, 0) is 6.54 Å². The van der Waals surface area contributed by atoms with Crippen molar-refractivity contribution in [1.29, 1.82) is 0 Å². The number of urea groups is 1. The van der Waals surface area contributed by atoms with E-state index in [2.05, 4.69) is 36.5 Å². The van der Waals surface area contributed by atoms with Crippen LogP contribution in [0.25, 0.3) is 0 Å². The van der Waals surface area contributed by atoms with Crippen molar-refractivity contribution in [3.8, 4) is 0 Å². The minimum atomic E-state index is 0.0339. The van der Waals surface area contributed by atoms with Crippen LogP contribution in [0.15, 0.2) is 60.7 Å². The molecule has 0 radical (unpaired) electrons. The van der Waals surface area contributed by atoms with Crippen LogP contribution >= 0.6 is 0 Å². The molecule has 108 valence electrons. The van der Waals surface area contributed by atoms with E-state index in [4.69, 9.17) is 0 Å². The molecule has 2 amide bonds. The average Bonchev–Trinajstić information content (AvgIpc) is 2.89. The number of rotatable bonds is 4. The number of nitrogens with one attached hydrogen (secondary N) is 1. The Bertz CT molecular complexity index is 597. The van der Waals surface area contributed by atoms with E-state index in [9.17, 15) is 4.79 Å². The quantitative estimate of drug-likeness (QED) is 0.915. The van der Waals surface area contributed by atoms with Gasteiger partial charge in [0, 0.05) is 19.0 Å². The number of benzene rings is 2. The Labute approximate surface area is 125 Å². The molecular weight excluding hydrogens is 260 g/mol. The molecule has 1 saturated heterocycles. The summed E-state index contributed by atoms with van der Waals surface area (Å²) >= 11 is 0. The lowest BCUT2D eigenvalue weighted by Crippen LogP contribution is -2.31. The van der Waals surface area contributed by atoms with E-state index in [1.165, 1.54) is 11.1 Å². The Morgan fingerprint density at radius 2 is 1.71 bits per heavy atom. The van der Waals surface area contributed by atoms with E-state index < -0.39 is 0 Å². The minimum absolute atomic E-state index is 0.0339. The molecule has 21 heavy (non-hydrogen) atoms. The molecule has 0 saturated carbocycles. The highest BCUT2D eigenvalue weighted by atomic mass is 16.2. The molecule has 1 aliphatic rings. The van der Waals surface area contributed by atoms with Gasteiger partial charge in [0.1, 0.15) is 0 Å². The van der Waals surface area contributed by atoms with Gasteiger partial charge in [-0.15, -0.1) is 0 Å². The summed E-state index contributed by atoms with van der Waals surface area (Å²) in [6, 6.07) is 20.7. The zero-order valence-electron chi connectivity index (χ0n) is 12.2. The van der Waals surface area contributed by atoms with Crippen molar-refractivity contribution in [2.45, 2.75) is 25.4 Å². The zero-order chi connectivity index (χ0) is 14.7. The van der Waals surface area contributed by atoms with Crippen molar-refractivity contribution in [3.05, 3.63) is 71.8 Å². The van der Waals surface area contributed by atoms with Gasteiger partial charge in [-0.2, -0.15) is 0 Å². The maximum Gasteiger partial charge on any atom is 0.318 e. The molecule has 0 bridgehead atoms. The van der Waals surface area contributed by atoms with Crippen LogP contribution in [0.3, 0.4) is 0 Å². The van der Waals surface area contributed by atoms with Crippen LogP contribution in [0.1, 0.15) is 24.0 Å². The number of amides is 2. The third-order valence-electron chi connectivity index (χ3n) is 4.16. The van der Waals surface area contributed by atoms with Crippen molar-refractivity contribution in [3.63, 3.8) is 0 Å². The van der Waals surface area contributed by atoms with Crippen molar-refractivity contribution >= 4 is 6.03 Å². The summed E-state index contributed by atoms with van der Waals surface area (Å²) in [5.74, 6) is 0.316. The van der Waals surface area contributed by atoms with Gasteiger partial charge < -0.3 is 10.2 Å².